The number of nitriles is 1. The highest BCUT2D eigenvalue weighted by Crippen LogP contribution is 2.36. The maximum Gasteiger partial charge on any atom is 0.416 e. The number of carbonyl (C=O) groups excluding carboxylic acids is 2. The first-order valence-electron chi connectivity index (χ1n) is 9.65. The van der Waals surface area contributed by atoms with Crippen LogP contribution in [0.25, 0.3) is 5.82 Å². The third-order valence-electron chi connectivity index (χ3n) is 4.63. The van der Waals surface area contributed by atoms with Gasteiger partial charge in [-0.2, -0.15) is 36.3 Å². The second-order valence-electron chi connectivity index (χ2n) is 7.27. The minimum atomic E-state index is -5.13. The van der Waals surface area contributed by atoms with Gasteiger partial charge in [-0.05, 0) is 37.3 Å². The molecule has 1 N–H and O–H groups in total. The van der Waals surface area contributed by atoms with Crippen molar-refractivity contribution in [3.05, 3.63) is 70.4 Å². The van der Waals surface area contributed by atoms with Gasteiger partial charge in [-0.15, -0.1) is 5.10 Å². The summed E-state index contributed by atoms with van der Waals surface area (Å²) in [5.41, 5.74) is -3.95. The van der Waals surface area contributed by atoms with Gasteiger partial charge in [-0.1, -0.05) is 0 Å². The van der Waals surface area contributed by atoms with Gasteiger partial charge in [0.25, 0.3) is 5.91 Å². The summed E-state index contributed by atoms with van der Waals surface area (Å²) in [5.74, 6) is -2.06. The minimum Gasteiger partial charge on any atom is -0.342 e. The second kappa shape index (κ2) is 9.16. The molecule has 0 fully saturated rings. The molecule has 14 heteroatoms. The molecular formula is C21H14F6N6O2. The first-order valence-corrected chi connectivity index (χ1v) is 9.65. The largest absolute Gasteiger partial charge is 0.416 e. The molecule has 2 heterocycles. The van der Waals surface area contributed by atoms with Crippen LogP contribution in [0, 0.1) is 11.3 Å². The Hall–Kier alpha value is -4.28. The maximum atomic E-state index is 13.1. The van der Waals surface area contributed by atoms with Gasteiger partial charge < -0.3 is 5.32 Å². The highest BCUT2D eigenvalue weighted by molar-refractivity contribution is 5.95. The Labute approximate surface area is 193 Å². The molecule has 3 rings (SSSR count). The number of amides is 1. The van der Waals surface area contributed by atoms with Crippen LogP contribution in [0.2, 0.25) is 0 Å². The van der Waals surface area contributed by atoms with E-state index in [9.17, 15) is 35.9 Å². The van der Waals surface area contributed by atoms with Crippen LogP contribution >= 0.6 is 0 Å². The number of Topliss-reactive ketones (excluding diaryl/α,β-unsaturated/α-hetero) is 1. The molecule has 0 saturated heterocycles. The molecular weight excluding hydrogens is 482 g/mol. The fourth-order valence-corrected chi connectivity index (χ4v) is 2.93. The Morgan fingerprint density at radius 2 is 1.66 bits per heavy atom. The Kier molecular flexibility index (Phi) is 6.64. The van der Waals surface area contributed by atoms with Crippen molar-refractivity contribution < 1.29 is 35.9 Å². The summed E-state index contributed by atoms with van der Waals surface area (Å²) in [6.07, 6.45) is -9.04. The van der Waals surface area contributed by atoms with Crippen LogP contribution in [0.5, 0.6) is 0 Å². The summed E-state index contributed by atoms with van der Waals surface area (Å²) in [6, 6.07) is 4.00. The zero-order valence-corrected chi connectivity index (χ0v) is 17.9. The molecule has 0 aliphatic heterocycles. The Bertz CT molecular complexity index is 1290. The van der Waals surface area contributed by atoms with E-state index in [0.29, 0.717) is 12.1 Å². The molecule has 8 nitrogen and oxygen atoms in total. The molecule has 0 radical (unpaired) electrons. The van der Waals surface area contributed by atoms with Gasteiger partial charge in [0, 0.05) is 18.7 Å². The van der Waals surface area contributed by atoms with Crippen molar-refractivity contribution in [1.82, 2.24) is 25.1 Å². The molecule has 1 atom stereocenters. The lowest BCUT2D eigenvalue weighted by atomic mass is 10.0. The van der Waals surface area contributed by atoms with Crippen molar-refractivity contribution >= 4 is 11.7 Å². The molecule has 1 amide bonds. The molecule has 0 spiro atoms. The van der Waals surface area contributed by atoms with E-state index in [1.54, 1.807) is 0 Å². The van der Waals surface area contributed by atoms with E-state index < -0.39 is 46.8 Å². The standard InChI is InChI=1S/C21H14F6N6O2/c1-10(18-31-17(11(2)34)32-33(18)16-4-3-12(8-28)9-29-16)30-19(35)13-5-14(20(22,23)24)7-15(6-13)21(25,26)27/h3-7,9-10H,1-2H3,(H,30,35). The van der Waals surface area contributed by atoms with Crippen molar-refractivity contribution in [3.8, 4) is 11.9 Å². The molecule has 182 valence electrons. The zero-order chi connectivity index (χ0) is 26.1. The molecule has 2 aromatic heterocycles. The van der Waals surface area contributed by atoms with Crippen LogP contribution in [0.1, 0.15) is 63.4 Å². The van der Waals surface area contributed by atoms with E-state index in [4.69, 9.17) is 5.26 Å². The van der Waals surface area contributed by atoms with E-state index in [2.05, 4.69) is 20.4 Å². The monoisotopic (exact) mass is 496 g/mol. The Balaban J connectivity index is 1.99. The van der Waals surface area contributed by atoms with Crippen LogP contribution < -0.4 is 5.32 Å². The molecule has 35 heavy (non-hydrogen) atoms. The molecule has 0 bridgehead atoms. The van der Waals surface area contributed by atoms with Gasteiger partial charge in [0.2, 0.25) is 5.82 Å². The lowest BCUT2D eigenvalue weighted by molar-refractivity contribution is -0.143. The Morgan fingerprint density at radius 3 is 2.11 bits per heavy atom. The van der Waals surface area contributed by atoms with Crippen LogP contribution in [0.3, 0.4) is 0 Å². The molecule has 0 aliphatic rings. The number of ketones is 1. The number of hydrogen-bond acceptors (Lipinski definition) is 6. The fraction of sp³-hybridized carbons (Fsp3) is 0.238. The smallest absolute Gasteiger partial charge is 0.342 e. The number of hydrogen-bond donors (Lipinski definition) is 1. The summed E-state index contributed by atoms with van der Waals surface area (Å²) >= 11 is 0. The second-order valence-corrected chi connectivity index (χ2v) is 7.27. The summed E-state index contributed by atoms with van der Waals surface area (Å²) in [4.78, 5) is 32.4. The third-order valence-corrected chi connectivity index (χ3v) is 4.63. The normalized spacial score (nSPS) is 12.7. The molecule has 1 unspecified atom stereocenters. The van der Waals surface area contributed by atoms with Crippen molar-refractivity contribution in [2.45, 2.75) is 32.2 Å². The average Bonchev–Trinajstić information content (AvgIpc) is 3.23. The van der Waals surface area contributed by atoms with Gasteiger partial charge in [-0.3, -0.25) is 9.59 Å². The van der Waals surface area contributed by atoms with Crippen molar-refractivity contribution in [2.24, 2.45) is 0 Å². The van der Waals surface area contributed by atoms with E-state index in [1.165, 1.54) is 32.2 Å². The topological polar surface area (TPSA) is 114 Å². The number of alkyl halides is 6. The van der Waals surface area contributed by atoms with Gasteiger partial charge in [-0.25, -0.2) is 9.97 Å². The quantitative estimate of drug-likeness (QED) is 0.417. The number of carbonyl (C=O) groups is 2. The summed E-state index contributed by atoms with van der Waals surface area (Å²) in [6.45, 7) is 2.50. The number of rotatable bonds is 5. The number of nitrogens with zero attached hydrogens (tertiary/aromatic N) is 5. The van der Waals surface area contributed by atoms with Crippen molar-refractivity contribution in [1.29, 1.82) is 5.26 Å². The average molecular weight is 496 g/mol. The van der Waals surface area contributed by atoms with E-state index in [0.717, 1.165) is 4.68 Å². The third kappa shape index (κ3) is 5.62. The van der Waals surface area contributed by atoms with Crippen LogP contribution in [-0.4, -0.2) is 31.4 Å². The maximum absolute atomic E-state index is 13.1. The van der Waals surface area contributed by atoms with Gasteiger partial charge in [0.1, 0.15) is 6.07 Å². The lowest BCUT2D eigenvalue weighted by Gasteiger charge is -2.17. The van der Waals surface area contributed by atoms with E-state index >= 15 is 0 Å². The van der Waals surface area contributed by atoms with E-state index in [1.807, 2.05) is 6.07 Å². The predicted octanol–water partition coefficient (Wildman–Crippen LogP) is 4.27. The molecule has 3 aromatic rings. The van der Waals surface area contributed by atoms with Gasteiger partial charge >= 0.3 is 12.4 Å². The van der Waals surface area contributed by atoms with Crippen LogP contribution in [0.4, 0.5) is 26.3 Å². The first-order chi connectivity index (χ1) is 16.2. The van der Waals surface area contributed by atoms with Gasteiger partial charge in [0.15, 0.2) is 17.4 Å². The summed E-state index contributed by atoms with van der Waals surface area (Å²) in [5, 5.41) is 15.2. The minimum absolute atomic E-state index is 0.0798. The van der Waals surface area contributed by atoms with Gasteiger partial charge in [0.05, 0.1) is 22.7 Å². The highest BCUT2D eigenvalue weighted by atomic mass is 19.4. The summed E-state index contributed by atoms with van der Waals surface area (Å²) < 4.78 is 79.8. The fourth-order valence-electron chi connectivity index (χ4n) is 2.93. The van der Waals surface area contributed by atoms with Crippen molar-refractivity contribution in [3.63, 3.8) is 0 Å². The Morgan fingerprint density at radius 1 is 1.06 bits per heavy atom. The molecule has 0 aliphatic carbocycles. The predicted molar refractivity (Wildman–Crippen MR) is 106 cm³/mol. The number of nitrogens with one attached hydrogen (secondary N) is 1. The molecule has 0 saturated carbocycles. The molecule has 1 aromatic carbocycles. The number of aromatic nitrogens is 4. The number of benzene rings is 1. The van der Waals surface area contributed by atoms with Crippen LogP contribution in [0.15, 0.2) is 36.5 Å². The summed E-state index contributed by atoms with van der Waals surface area (Å²) in [7, 11) is 0. The number of pyridine rings is 1. The zero-order valence-electron chi connectivity index (χ0n) is 17.9. The number of halogens is 6. The highest BCUT2D eigenvalue weighted by Gasteiger charge is 2.37. The lowest BCUT2D eigenvalue weighted by Crippen LogP contribution is -2.29. The SMILES string of the molecule is CC(=O)c1nc(C(C)NC(=O)c2cc(C(F)(F)F)cc(C(F)(F)F)c2)n(-c2ccc(C#N)cn2)n1. The van der Waals surface area contributed by atoms with Crippen LogP contribution in [-0.2, 0) is 12.4 Å². The first kappa shape index (κ1) is 25.3. The van der Waals surface area contributed by atoms with Crippen molar-refractivity contribution in [2.75, 3.05) is 0 Å². The van der Waals surface area contributed by atoms with E-state index in [-0.39, 0.29) is 29.1 Å².